The molecule has 3 unspecified atom stereocenters. The molecule has 9 heteroatoms. The van der Waals surface area contributed by atoms with Crippen LogP contribution >= 0.6 is 11.3 Å². The molecule has 2 rings (SSSR count). The minimum atomic E-state index is -0.739. The Kier molecular flexibility index (Phi) is 11.0. The van der Waals surface area contributed by atoms with Crippen molar-refractivity contribution in [2.24, 2.45) is 5.41 Å². The Morgan fingerprint density at radius 3 is 2.35 bits per heavy atom. The zero-order valence-corrected chi connectivity index (χ0v) is 23.7. The molecule has 1 heterocycles. The van der Waals surface area contributed by atoms with Gasteiger partial charge in [-0.3, -0.25) is 19.2 Å². The van der Waals surface area contributed by atoms with Gasteiger partial charge < -0.3 is 15.0 Å². The summed E-state index contributed by atoms with van der Waals surface area (Å²) in [5.41, 5.74) is 0.360. The molecule has 0 spiro atoms. The van der Waals surface area contributed by atoms with Gasteiger partial charge in [-0.15, -0.1) is 11.3 Å². The lowest BCUT2D eigenvalue weighted by Crippen LogP contribution is -2.46. The van der Waals surface area contributed by atoms with E-state index in [1.807, 2.05) is 33.8 Å². The molecular formula is C28H39N3O5S. The van der Waals surface area contributed by atoms with Crippen LogP contribution in [0, 0.1) is 5.41 Å². The van der Waals surface area contributed by atoms with Crippen LogP contribution in [0.2, 0.25) is 0 Å². The number of aromatic nitrogens is 1. The Labute approximate surface area is 223 Å². The zero-order chi connectivity index (χ0) is 27.8. The Morgan fingerprint density at radius 1 is 1.14 bits per heavy atom. The average molecular weight is 530 g/mol. The fraction of sp³-hybridized carbons (Fsp3) is 0.536. The van der Waals surface area contributed by atoms with E-state index >= 15 is 0 Å². The highest BCUT2D eigenvalue weighted by molar-refractivity contribution is 7.09. The Bertz CT molecular complexity index is 1080. The molecule has 1 aromatic carbocycles. The van der Waals surface area contributed by atoms with Crippen molar-refractivity contribution in [2.75, 3.05) is 7.05 Å². The minimum absolute atomic E-state index is 0.0413. The van der Waals surface area contributed by atoms with Crippen molar-refractivity contribution < 1.29 is 23.9 Å². The summed E-state index contributed by atoms with van der Waals surface area (Å²) in [5.74, 6) is -1.12. The van der Waals surface area contributed by atoms with E-state index in [-0.39, 0.29) is 28.8 Å². The van der Waals surface area contributed by atoms with Crippen LogP contribution in [0.25, 0.3) is 0 Å². The Hall–Kier alpha value is -3.07. The third kappa shape index (κ3) is 8.77. The van der Waals surface area contributed by atoms with E-state index in [1.54, 1.807) is 48.5 Å². The average Bonchev–Trinajstić information content (AvgIpc) is 3.34. The van der Waals surface area contributed by atoms with E-state index in [2.05, 4.69) is 10.3 Å². The number of hydrogen-bond acceptors (Lipinski definition) is 7. The van der Waals surface area contributed by atoms with Gasteiger partial charge in [0.05, 0.1) is 6.04 Å². The smallest absolute Gasteiger partial charge is 0.303 e. The standard InChI is InChI=1S/C28H39N3O5S/c1-8-9-15-24(33)31(7)23(28(4,5)6)16-22(36-19(3)32)27-30-21(17-37-27)26(35)29-18(2)25(34)20-13-11-10-12-14-20/h10-14,17-18,22-23H,8-9,15-16H2,1-7H3,(H,29,35). The molecule has 2 aromatic rings. The molecule has 0 aliphatic heterocycles. The zero-order valence-electron chi connectivity index (χ0n) is 22.9. The maximum absolute atomic E-state index is 12.8. The highest BCUT2D eigenvalue weighted by Crippen LogP contribution is 2.35. The quantitative estimate of drug-likeness (QED) is 0.299. The Morgan fingerprint density at radius 2 is 1.78 bits per heavy atom. The number of esters is 1. The van der Waals surface area contributed by atoms with Crippen LogP contribution in [-0.2, 0) is 14.3 Å². The third-order valence-electron chi connectivity index (χ3n) is 6.18. The van der Waals surface area contributed by atoms with Crippen LogP contribution in [0.4, 0.5) is 0 Å². The van der Waals surface area contributed by atoms with Crippen LogP contribution < -0.4 is 5.32 Å². The predicted molar refractivity (Wildman–Crippen MR) is 144 cm³/mol. The highest BCUT2D eigenvalue weighted by Gasteiger charge is 2.35. The lowest BCUT2D eigenvalue weighted by Gasteiger charge is -2.39. The second kappa shape index (κ2) is 13.5. The number of amides is 2. The number of rotatable bonds is 12. The van der Waals surface area contributed by atoms with Gasteiger partial charge in [-0.05, 0) is 18.8 Å². The Balaban J connectivity index is 2.21. The summed E-state index contributed by atoms with van der Waals surface area (Å²) in [6.45, 7) is 11.1. The fourth-order valence-electron chi connectivity index (χ4n) is 4.10. The molecule has 0 saturated heterocycles. The maximum atomic E-state index is 12.8. The van der Waals surface area contributed by atoms with Gasteiger partial charge in [0.1, 0.15) is 10.7 Å². The van der Waals surface area contributed by atoms with Gasteiger partial charge in [0.2, 0.25) is 5.91 Å². The third-order valence-corrected chi connectivity index (χ3v) is 7.12. The lowest BCUT2D eigenvalue weighted by molar-refractivity contribution is -0.149. The SMILES string of the molecule is CCCCC(=O)N(C)C(CC(OC(C)=O)c1nc(C(=O)NC(C)C(=O)c2ccccc2)cs1)C(C)(C)C. The van der Waals surface area contributed by atoms with Crippen molar-refractivity contribution in [3.8, 4) is 0 Å². The fourth-order valence-corrected chi connectivity index (χ4v) is 4.94. The first kappa shape index (κ1) is 30.2. The number of nitrogens with one attached hydrogen (secondary N) is 1. The molecule has 0 fully saturated rings. The van der Waals surface area contributed by atoms with E-state index in [1.165, 1.54) is 18.3 Å². The van der Waals surface area contributed by atoms with E-state index in [0.717, 1.165) is 12.8 Å². The monoisotopic (exact) mass is 529 g/mol. The number of benzene rings is 1. The molecule has 0 saturated carbocycles. The number of nitrogens with zero attached hydrogens (tertiary/aromatic N) is 2. The van der Waals surface area contributed by atoms with Crippen LogP contribution in [-0.4, -0.2) is 52.6 Å². The molecule has 0 aliphatic rings. The van der Waals surface area contributed by atoms with Gasteiger partial charge in [-0.2, -0.15) is 0 Å². The number of ether oxygens (including phenoxy) is 1. The highest BCUT2D eigenvalue weighted by atomic mass is 32.1. The maximum Gasteiger partial charge on any atom is 0.303 e. The summed E-state index contributed by atoms with van der Waals surface area (Å²) in [7, 11) is 1.78. The van der Waals surface area contributed by atoms with Gasteiger partial charge in [-0.25, -0.2) is 4.98 Å². The van der Waals surface area contributed by atoms with Gasteiger partial charge >= 0.3 is 5.97 Å². The molecule has 37 heavy (non-hydrogen) atoms. The number of unbranched alkanes of at least 4 members (excludes halogenated alkanes) is 1. The van der Waals surface area contributed by atoms with Crippen molar-refractivity contribution in [3.63, 3.8) is 0 Å². The van der Waals surface area contributed by atoms with Crippen LogP contribution in [0.15, 0.2) is 35.7 Å². The van der Waals surface area contributed by atoms with E-state index in [0.29, 0.717) is 23.4 Å². The molecule has 0 radical (unpaired) electrons. The largest absolute Gasteiger partial charge is 0.455 e. The van der Waals surface area contributed by atoms with E-state index < -0.39 is 24.0 Å². The van der Waals surface area contributed by atoms with Gasteiger partial charge in [-0.1, -0.05) is 64.4 Å². The summed E-state index contributed by atoms with van der Waals surface area (Å²) in [4.78, 5) is 56.4. The van der Waals surface area contributed by atoms with Crippen LogP contribution in [0.1, 0.15) is 99.2 Å². The second-order valence-corrected chi connectivity index (χ2v) is 11.2. The first-order valence-corrected chi connectivity index (χ1v) is 13.5. The number of carbonyl (C=O) groups is 4. The molecule has 3 atom stereocenters. The number of carbonyl (C=O) groups excluding carboxylic acids is 4. The summed E-state index contributed by atoms with van der Waals surface area (Å²) in [6.07, 6.45) is 1.81. The summed E-state index contributed by atoms with van der Waals surface area (Å²) in [6, 6.07) is 7.78. The number of thiazole rings is 1. The minimum Gasteiger partial charge on any atom is -0.455 e. The normalized spacial score (nSPS) is 13.8. The summed E-state index contributed by atoms with van der Waals surface area (Å²) >= 11 is 1.21. The molecule has 1 N–H and O–H groups in total. The molecule has 1 aromatic heterocycles. The van der Waals surface area contributed by atoms with Crippen molar-refractivity contribution in [2.45, 2.75) is 85.4 Å². The second-order valence-electron chi connectivity index (χ2n) is 10.3. The number of ketones is 1. The lowest BCUT2D eigenvalue weighted by atomic mass is 9.82. The first-order valence-electron chi connectivity index (χ1n) is 12.6. The van der Waals surface area contributed by atoms with Gasteiger partial charge in [0, 0.05) is 43.8 Å². The van der Waals surface area contributed by atoms with Crippen molar-refractivity contribution in [3.05, 3.63) is 52.0 Å². The topological polar surface area (TPSA) is 106 Å². The molecule has 2 amide bonds. The predicted octanol–water partition coefficient (Wildman–Crippen LogP) is 5.20. The van der Waals surface area contributed by atoms with Gasteiger partial charge in [0.15, 0.2) is 11.9 Å². The van der Waals surface area contributed by atoms with Crippen LogP contribution in [0.5, 0.6) is 0 Å². The number of Topliss-reactive ketones (excluding diaryl/α,β-unsaturated/α-hetero) is 1. The molecule has 8 nitrogen and oxygen atoms in total. The van der Waals surface area contributed by atoms with Crippen LogP contribution in [0.3, 0.4) is 0 Å². The molecule has 202 valence electrons. The molecular weight excluding hydrogens is 490 g/mol. The van der Waals surface area contributed by atoms with Gasteiger partial charge in [0.25, 0.3) is 5.91 Å². The van der Waals surface area contributed by atoms with E-state index in [9.17, 15) is 19.2 Å². The number of hydrogen-bond donors (Lipinski definition) is 1. The van der Waals surface area contributed by atoms with Crippen molar-refractivity contribution in [1.82, 2.24) is 15.2 Å². The first-order chi connectivity index (χ1) is 17.3. The molecule has 0 aliphatic carbocycles. The van der Waals surface area contributed by atoms with E-state index in [4.69, 9.17) is 4.74 Å². The van der Waals surface area contributed by atoms with Crippen molar-refractivity contribution in [1.29, 1.82) is 0 Å². The molecule has 0 bridgehead atoms. The summed E-state index contributed by atoms with van der Waals surface area (Å²) < 4.78 is 5.63. The van der Waals surface area contributed by atoms with Crippen molar-refractivity contribution >= 4 is 34.9 Å². The summed E-state index contributed by atoms with van der Waals surface area (Å²) in [5, 5.41) is 4.75.